The molecule has 7 heteroatoms. The molecule has 2 saturated heterocycles. The van der Waals surface area contributed by atoms with Gasteiger partial charge < -0.3 is 19.4 Å². The van der Waals surface area contributed by atoms with E-state index in [1.165, 1.54) is 5.56 Å². The number of rotatable bonds is 4. The van der Waals surface area contributed by atoms with Crippen LogP contribution in [0, 0.1) is 0 Å². The van der Waals surface area contributed by atoms with Gasteiger partial charge in [-0.25, -0.2) is 9.97 Å². The summed E-state index contributed by atoms with van der Waals surface area (Å²) in [7, 11) is 0. The summed E-state index contributed by atoms with van der Waals surface area (Å²) in [6, 6.07) is 11.0. The molecule has 0 atom stereocenters. The van der Waals surface area contributed by atoms with Gasteiger partial charge >= 0.3 is 0 Å². The van der Waals surface area contributed by atoms with E-state index in [0.29, 0.717) is 0 Å². The molecular weight excluding hydrogens is 354 g/mol. The van der Waals surface area contributed by atoms with Gasteiger partial charge in [-0.15, -0.1) is 0 Å². The number of aromatic nitrogens is 3. The van der Waals surface area contributed by atoms with Crippen molar-refractivity contribution in [3.05, 3.63) is 42.2 Å². The fraction of sp³-hybridized carbons (Fsp3) is 0.429. The smallest absolute Gasteiger partial charge is 0.143 e. The summed E-state index contributed by atoms with van der Waals surface area (Å²) in [5.41, 5.74) is 4.44. The first kappa shape index (κ1) is 17.6. The number of morpholine rings is 2. The zero-order valence-corrected chi connectivity index (χ0v) is 15.9. The van der Waals surface area contributed by atoms with Crippen LogP contribution >= 0.6 is 0 Å². The van der Waals surface area contributed by atoms with E-state index < -0.39 is 0 Å². The normalized spacial score (nSPS) is 18.6. The summed E-state index contributed by atoms with van der Waals surface area (Å²) < 4.78 is 10.9. The predicted molar refractivity (Wildman–Crippen MR) is 108 cm³/mol. The first-order valence-corrected chi connectivity index (χ1v) is 9.93. The zero-order valence-electron chi connectivity index (χ0n) is 15.9. The van der Waals surface area contributed by atoms with E-state index in [4.69, 9.17) is 9.47 Å². The Morgan fingerprint density at radius 2 is 1.61 bits per heavy atom. The molecule has 0 saturated carbocycles. The monoisotopic (exact) mass is 379 g/mol. The molecule has 3 aromatic rings. The Morgan fingerprint density at radius 3 is 2.36 bits per heavy atom. The van der Waals surface area contributed by atoms with Gasteiger partial charge in [-0.1, -0.05) is 24.3 Å². The van der Waals surface area contributed by atoms with E-state index in [2.05, 4.69) is 55.1 Å². The lowest BCUT2D eigenvalue weighted by Gasteiger charge is -2.27. The maximum atomic E-state index is 5.47. The molecule has 0 unspecified atom stereocenters. The molecule has 0 bridgehead atoms. The van der Waals surface area contributed by atoms with Crippen molar-refractivity contribution in [2.24, 2.45) is 0 Å². The Balaban J connectivity index is 1.38. The third-order valence-corrected chi connectivity index (χ3v) is 5.49. The summed E-state index contributed by atoms with van der Waals surface area (Å²) in [5, 5.41) is 1.07. The molecule has 0 amide bonds. The van der Waals surface area contributed by atoms with Crippen LogP contribution in [0.25, 0.3) is 22.3 Å². The fourth-order valence-corrected chi connectivity index (χ4v) is 3.92. The molecule has 2 fully saturated rings. The standard InChI is InChI=1S/C21H25N5O2/c1-3-17(4-2-16(1)14-25-5-9-27-10-6-25)19-13-18-20(24-19)22-15-23-21(18)26-7-11-28-12-8-26/h1-4,13,15H,5-12,14H2,(H,22,23,24). The van der Waals surface area contributed by atoms with Crippen molar-refractivity contribution in [1.29, 1.82) is 0 Å². The molecule has 7 nitrogen and oxygen atoms in total. The van der Waals surface area contributed by atoms with Gasteiger partial charge in [0.1, 0.15) is 17.8 Å². The summed E-state index contributed by atoms with van der Waals surface area (Å²) in [4.78, 5) is 17.1. The number of hydrogen-bond acceptors (Lipinski definition) is 6. The molecule has 2 aliphatic heterocycles. The minimum absolute atomic E-state index is 0.743. The summed E-state index contributed by atoms with van der Waals surface area (Å²) in [6.45, 7) is 7.87. The Labute approximate surface area is 164 Å². The average Bonchev–Trinajstić information content (AvgIpc) is 3.20. The lowest BCUT2D eigenvalue weighted by molar-refractivity contribution is 0.0342. The van der Waals surface area contributed by atoms with Crippen LogP contribution < -0.4 is 4.90 Å². The van der Waals surface area contributed by atoms with E-state index in [0.717, 1.165) is 87.3 Å². The number of hydrogen-bond donors (Lipinski definition) is 1. The molecule has 1 N–H and O–H groups in total. The minimum Gasteiger partial charge on any atom is -0.379 e. The van der Waals surface area contributed by atoms with E-state index in [9.17, 15) is 0 Å². The largest absolute Gasteiger partial charge is 0.379 e. The highest BCUT2D eigenvalue weighted by Crippen LogP contribution is 2.29. The van der Waals surface area contributed by atoms with Crippen LogP contribution in [0.4, 0.5) is 5.82 Å². The number of H-pyrrole nitrogens is 1. The number of benzene rings is 1. The highest BCUT2D eigenvalue weighted by Gasteiger charge is 2.17. The lowest BCUT2D eigenvalue weighted by atomic mass is 10.1. The van der Waals surface area contributed by atoms with Gasteiger partial charge in [0.2, 0.25) is 0 Å². The van der Waals surface area contributed by atoms with Crippen LogP contribution in [0.2, 0.25) is 0 Å². The highest BCUT2D eigenvalue weighted by molar-refractivity contribution is 5.91. The van der Waals surface area contributed by atoms with E-state index >= 15 is 0 Å². The second kappa shape index (κ2) is 7.87. The van der Waals surface area contributed by atoms with Crippen molar-refractivity contribution in [3.8, 4) is 11.3 Å². The maximum Gasteiger partial charge on any atom is 0.143 e. The number of nitrogens with zero attached hydrogens (tertiary/aromatic N) is 4. The van der Waals surface area contributed by atoms with Gasteiger partial charge in [0, 0.05) is 38.4 Å². The van der Waals surface area contributed by atoms with Crippen LogP contribution in [0.3, 0.4) is 0 Å². The van der Waals surface area contributed by atoms with Crippen LogP contribution in [0.5, 0.6) is 0 Å². The molecule has 5 rings (SSSR count). The molecule has 28 heavy (non-hydrogen) atoms. The van der Waals surface area contributed by atoms with Crippen LogP contribution in [-0.2, 0) is 16.0 Å². The van der Waals surface area contributed by atoms with Gasteiger partial charge in [0.25, 0.3) is 0 Å². The van der Waals surface area contributed by atoms with Crippen LogP contribution in [0.15, 0.2) is 36.7 Å². The SMILES string of the molecule is c1nc(N2CCOCC2)c2cc(-c3ccc(CN4CCOCC4)cc3)[nH]c2n1. The molecule has 0 spiro atoms. The number of fused-ring (bicyclic) bond motifs is 1. The van der Waals surface area contributed by atoms with Gasteiger partial charge in [-0.2, -0.15) is 0 Å². The van der Waals surface area contributed by atoms with Crippen molar-refractivity contribution in [3.63, 3.8) is 0 Å². The topological polar surface area (TPSA) is 66.5 Å². The highest BCUT2D eigenvalue weighted by atomic mass is 16.5. The molecule has 2 aromatic heterocycles. The van der Waals surface area contributed by atoms with Crippen molar-refractivity contribution in [2.45, 2.75) is 6.54 Å². The Hall–Kier alpha value is -2.48. The summed E-state index contributed by atoms with van der Waals surface area (Å²) >= 11 is 0. The summed E-state index contributed by atoms with van der Waals surface area (Å²) in [6.07, 6.45) is 1.64. The number of nitrogens with one attached hydrogen (secondary N) is 1. The van der Waals surface area contributed by atoms with Gasteiger partial charge in [0.15, 0.2) is 0 Å². The van der Waals surface area contributed by atoms with Crippen molar-refractivity contribution in [1.82, 2.24) is 19.9 Å². The van der Waals surface area contributed by atoms with Gasteiger partial charge in [-0.05, 0) is 17.2 Å². The number of anilines is 1. The molecule has 1 aromatic carbocycles. The zero-order chi connectivity index (χ0) is 18.8. The third kappa shape index (κ3) is 3.61. The Morgan fingerprint density at radius 1 is 0.893 bits per heavy atom. The van der Waals surface area contributed by atoms with E-state index in [1.807, 2.05) is 0 Å². The van der Waals surface area contributed by atoms with Crippen LogP contribution in [-0.4, -0.2) is 72.5 Å². The number of aromatic amines is 1. The predicted octanol–water partition coefficient (Wildman–Crippen LogP) is 2.29. The van der Waals surface area contributed by atoms with Crippen molar-refractivity contribution in [2.75, 3.05) is 57.5 Å². The maximum absolute atomic E-state index is 5.47. The molecule has 0 aliphatic carbocycles. The first-order valence-electron chi connectivity index (χ1n) is 9.93. The Bertz CT molecular complexity index is 928. The quantitative estimate of drug-likeness (QED) is 0.750. The Kier molecular flexibility index (Phi) is 4.95. The van der Waals surface area contributed by atoms with Crippen molar-refractivity contribution < 1.29 is 9.47 Å². The first-order chi connectivity index (χ1) is 13.9. The fourth-order valence-electron chi connectivity index (χ4n) is 3.92. The second-order valence-corrected chi connectivity index (χ2v) is 7.33. The van der Waals surface area contributed by atoms with Crippen molar-refractivity contribution >= 4 is 16.9 Å². The molecular formula is C21H25N5O2. The van der Waals surface area contributed by atoms with E-state index in [-0.39, 0.29) is 0 Å². The lowest BCUT2D eigenvalue weighted by Crippen LogP contribution is -2.36. The molecule has 0 radical (unpaired) electrons. The molecule has 2 aliphatic rings. The summed E-state index contributed by atoms with van der Waals surface area (Å²) in [5.74, 6) is 0.986. The van der Waals surface area contributed by atoms with Gasteiger partial charge in [0.05, 0.1) is 31.8 Å². The molecule has 146 valence electrons. The third-order valence-electron chi connectivity index (χ3n) is 5.49. The second-order valence-electron chi connectivity index (χ2n) is 7.33. The average molecular weight is 379 g/mol. The molecule has 4 heterocycles. The number of ether oxygens (including phenoxy) is 2. The van der Waals surface area contributed by atoms with Gasteiger partial charge in [-0.3, -0.25) is 4.90 Å². The van der Waals surface area contributed by atoms with Crippen LogP contribution in [0.1, 0.15) is 5.56 Å². The minimum atomic E-state index is 0.743. The van der Waals surface area contributed by atoms with E-state index in [1.54, 1.807) is 6.33 Å².